The van der Waals surface area contributed by atoms with Gasteiger partial charge in [0.25, 0.3) is 5.91 Å². The molecule has 3 aromatic rings. The molecule has 0 spiro atoms. The van der Waals surface area contributed by atoms with E-state index < -0.39 is 0 Å². The van der Waals surface area contributed by atoms with Crippen LogP contribution in [-0.2, 0) is 13.0 Å². The summed E-state index contributed by atoms with van der Waals surface area (Å²) in [6.45, 7) is 1.06. The minimum atomic E-state index is -0.0293. The molecule has 0 radical (unpaired) electrons. The Morgan fingerprint density at radius 1 is 1.00 bits per heavy atom. The van der Waals surface area contributed by atoms with Crippen molar-refractivity contribution in [1.82, 2.24) is 10.1 Å². The van der Waals surface area contributed by atoms with Crippen LogP contribution in [0.3, 0.4) is 0 Å². The molecule has 6 heteroatoms. The van der Waals surface area contributed by atoms with Gasteiger partial charge in [-0.15, -0.1) is 0 Å². The molecule has 0 aliphatic carbocycles. The Labute approximate surface area is 154 Å². The van der Waals surface area contributed by atoms with Crippen LogP contribution in [0, 0.1) is 0 Å². The highest BCUT2D eigenvalue weighted by Crippen LogP contribution is 2.31. The highest BCUT2D eigenvalue weighted by Gasteiger charge is 2.27. The smallest absolute Gasteiger partial charge is 0.254 e. The van der Waals surface area contributed by atoms with Gasteiger partial charge in [-0.25, -0.2) is 0 Å². The second-order valence-corrected chi connectivity index (χ2v) is 6.80. The Bertz CT molecular complexity index is 918. The number of hydrogen-bond acceptors (Lipinski definition) is 3. The van der Waals surface area contributed by atoms with Crippen LogP contribution in [0.5, 0.6) is 0 Å². The fourth-order valence-electron chi connectivity index (χ4n) is 3.01. The highest BCUT2D eigenvalue weighted by molar-refractivity contribution is 6.30. The Balaban J connectivity index is 1.57. The van der Waals surface area contributed by atoms with Crippen molar-refractivity contribution in [1.29, 1.82) is 0 Å². The molecule has 25 heavy (non-hydrogen) atoms. The lowest BCUT2D eigenvalue weighted by Gasteiger charge is -2.26. The molecule has 4 rings (SSSR count). The minimum absolute atomic E-state index is 0.0293. The maximum absolute atomic E-state index is 12.6. The van der Waals surface area contributed by atoms with Gasteiger partial charge in [0.15, 0.2) is 5.76 Å². The molecule has 0 unspecified atom stereocenters. The fraction of sp³-hybridized carbons (Fsp3) is 0.158. The number of benzene rings is 2. The van der Waals surface area contributed by atoms with Gasteiger partial charge in [-0.1, -0.05) is 28.4 Å². The molecule has 0 bridgehead atoms. The van der Waals surface area contributed by atoms with Gasteiger partial charge in [0.1, 0.15) is 5.69 Å². The van der Waals surface area contributed by atoms with E-state index in [1.165, 1.54) is 0 Å². The second-order valence-electron chi connectivity index (χ2n) is 5.93. The van der Waals surface area contributed by atoms with Crippen molar-refractivity contribution in [2.45, 2.75) is 13.0 Å². The van der Waals surface area contributed by atoms with Crippen molar-refractivity contribution in [2.75, 3.05) is 6.54 Å². The quantitative estimate of drug-likeness (QED) is 0.645. The number of fused-ring (bicyclic) bond motifs is 1. The van der Waals surface area contributed by atoms with E-state index in [2.05, 4.69) is 5.16 Å². The molecular formula is C19H14Cl2N2O2. The van der Waals surface area contributed by atoms with E-state index in [1.54, 1.807) is 29.2 Å². The van der Waals surface area contributed by atoms with Gasteiger partial charge in [0, 0.05) is 33.3 Å². The lowest BCUT2D eigenvalue weighted by Crippen LogP contribution is -2.35. The molecule has 126 valence electrons. The van der Waals surface area contributed by atoms with Crippen molar-refractivity contribution < 1.29 is 9.32 Å². The number of halogens is 2. The summed E-state index contributed by atoms with van der Waals surface area (Å²) in [5.41, 5.74) is 3.42. The van der Waals surface area contributed by atoms with E-state index in [9.17, 15) is 4.79 Å². The summed E-state index contributed by atoms with van der Waals surface area (Å²) < 4.78 is 5.54. The molecule has 2 aromatic carbocycles. The topological polar surface area (TPSA) is 46.3 Å². The molecule has 0 atom stereocenters. The van der Waals surface area contributed by atoms with Crippen LogP contribution in [0.4, 0.5) is 0 Å². The largest absolute Gasteiger partial charge is 0.356 e. The molecule has 2 heterocycles. The van der Waals surface area contributed by atoms with E-state index in [0.29, 0.717) is 35.1 Å². The molecule has 0 N–H and O–H groups in total. The lowest BCUT2D eigenvalue weighted by molar-refractivity contribution is 0.0731. The van der Waals surface area contributed by atoms with Crippen molar-refractivity contribution in [2.24, 2.45) is 0 Å². The summed E-state index contributed by atoms with van der Waals surface area (Å²) in [5, 5.41) is 5.46. The third-order valence-electron chi connectivity index (χ3n) is 4.33. The summed E-state index contributed by atoms with van der Waals surface area (Å²) in [4.78, 5) is 14.4. The monoisotopic (exact) mass is 372 g/mol. The summed E-state index contributed by atoms with van der Waals surface area (Å²) in [6, 6.07) is 14.4. The molecule has 1 aromatic heterocycles. The summed E-state index contributed by atoms with van der Waals surface area (Å²) in [5.74, 6) is 0.726. The molecular weight excluding hydrogens is 359 g/mol. The van der Waals surface area contributed by atoms with Crippen LogP contribution in [0.15, 0.2) is 53.1 Å². The molecule has 1 amide bonds. The summed E-state index contributed by atoms with van der Waals surface area (Å²) in [6.07, 6.45) is 0.704. The normalized spacial score (nSPS) is 13.6. The van der Waals surface area contributed by atoms with Gasteiger partial charge in [-0.2, -0.15) is 0 Å². The zero-order chi connectivity index (χ0) is 17.4. The Hall–Kier alpha value is -2.30. The van der Waals surface area contributed by atoms with Crippen molar-refractivity contribution in [3.8, 4) is 11.3 Å². The third-order valence-corrected chi connectivity index (χ3v) is 4.83. The number of aromatic nitrogens is 1. The average Bonchev–Trinajstić information content (AvgIpc) is 3.05. The van der Waals surface area contributed by atoms with Gasteiger partial charge in [0.05, 0.1) is 6.54 Å². The Kier molecular flexibility index (Phi) is 4.24. The standard InChI is InChI=1S/C19H14Cl2N2O2/c20-14-5-1-12(2-6-14)18-16-9-10-23(11-17(16)22-25-18)19(24)13-3-7-15(21)8-4-13/h1-8H,9-11H2. The minimum Gasteiger partial charge on any atom is -0.356 e. The summed E-state index contributed by atoms with van der Waals surface area (Å²) >= 11 is 11.8. The molecule has 0 fully saturated rings. The van der Waals surface area contributed by atoms with Crippen LogP contribution in [-0.4, -0.2) is 22.5 Å². The zero-order valence-electron chi connectivity index (χ0n) is 13.2. The zero-order valence-corrected chi connectivity index (χ0v) is 14.7. The van der Waals surface area contributed by atoms with Crippen molar-refractivity contribution in [3.05, 3.63) is 75.4 Å². The number of hydrogen-bond donors (Lipinski definition) is 0. The maximum atomic E-state index is 12.6. The summed E-state index contributed by atoms with van der Waals surface area (Å²) in [7, 11) is 0. The van der Waals surface area contributed by atoms with E-state index >= 15 is 0 Å². The van der Waals surface area contributed by atoms with E-state index in [-0.39, 0.29) is 5.91 Å². The SMILES string of the molecule is O=C(c1ccc(Cl)cc1)N1CCc2c(noc2-c2ccc(Cl)cc2)C1. The number of rotatable bonds is 2. The molecule has 4 nitrogen and oxygen atoms in total. The first-order valence-electron chi connectivity index (χ1n) is 7.90. The predicted molar refractivity (Wildman–Crippen MR) is 96.8 cm³/mol. The maximum Gasteiger partial charge on any atom is 0.254 e. The van der Waals surface area contributed by atoms with Gasteiger partial charge in [-0.3, -0.25) is 4.79 Å². The molecule has 0 saturated heterocycles. The van der Waals surface area contributed by atoms with Crippen molar-refractivity contribution >= 4 is 29.1 Å². The van der Waals surface area contributed by atoms with Gasteiger partial charge in [-0.05, 0) is 55.0 Å². The predicted octanol–water partition coefficient (Wildman–Crippen LogP) is 4.85. The number of carbonyl (C=O) groups excluding carboxylic acids is 1. The van der Waals surface area contributed by atoms with Gasteiger partial charge in [0.2, 0.25) is 0 Å². The molecule has 0 saturated carbocycles. The third kappa shape index (κ3) is 3.15. The highest BCUT2D eigenvalue weighted by atomic mass is 35.5. The first kappa shape index (κ1) is 16.2. The van der Waals surface area contributed by atoms with E-state index in [4.69, 9.17) is 27.7 Å². The van der Waals surface area contributed by atoms with Crippen LogP contribution in [0.1, 0.15) is 21.6 Å². The van der Waals surface area contributed by atoms with Crippen LogP contribution < -0.4 is 0 Å². The molecule has 1 aliphatic heterocycles. The Morgan fingerprint density at radius 3 is 2.32 bits per heavy atom. The fourth-order valence-corrected chi connectivity index (χ4v) is 3.26. The average molecular weight is 373 g/mol. The van der Waals surface area contributed by atoms with Gasteiger partial charge >= 0.3 is 0 Å². The number of carbonyl (C=O) groups is 1. The van der Waals surface area contributed by atoms with E-state index in [1.807, 2.05) is 24.3 Å². The Morgan fingerprint density at radius 2 is 1.64 bits per heavy atom. The van der Waals surface area contributed by atoms with E-state index in [0.717, 1.165) is 22.6 Å². The first-order chi connectivity index (χ1) is 12.1. The first-order valence-corrected chi connectivity index (χ1v) is 8.65. The van der Waals surface area contributed by atoms with Crippen LogP contribution >= 0.6 is 23.2 Å². The lowest BCUT2D eigenvalue weighted by atomic mass is 10.00. The van der Waals surface area contributed by atoms with Crippen LogP contribution in [0.25, 0.3) is 11.3 Å². The number of amides is 1. The van der Waals surface area contributed by atoms with Gasteiger partial charge < -0.3 is 9.42 Å². The van der Waals surface area contributed by atoms with Crippen molar-refractivity contribution in [3.63, 3.8) is 0 Å². The molecule has 1 aliphatic rings. The second kappa shape index (κ2) is 6.54. The number of nitrogens with zero attached hydrogens (tertiary/aromatic N) is 2. The van der Waals surface area contributed by atoms with Crippen LogP contribution in [0.2, 0.25) is 10.0 Å².